The van der Waals surface area contributed by atoms with Crippen molar-refractivity contribution >= 4 is 0 Å². The zero-order valence-corrected chi connectivity index (χ0v) is 10.5. The van der Waals surface area contributed by atoms with Gasteiger partial charge in [0.25, 0.3) is 0 Å². The molecule has 1 heterocycles. The Kier molecular flexibility index (Phi) is 3.82. The van der Waals surface area contributed by atoms with Crippen LogP contribution in [-0.2, 0) is 6.18 Å². The summed E-state index contributed by atoms with van der Waals surface area (Å²) in [4.78, 5) is 1.81. The number of alkyl halides is 3. The van der Waals surface area contributed by atoms with Crippen LogP contribution in [0.3, 0.4) is 0 Å². The van der Waals surface area contributed by atoms with Gasteiger partial charge in [0.05, 0.1) is 5.56 Å². The monoisotopic (exact) mass is 276 g/mol. The van der Waals surface area contributed by atoms with Gasteiger partial charge in [-0.2, -0.15) is 13.2 Å². The maximum atomic E-state index is 13.5. The molecular formula is C13H16F4N2. The van der Waals surface area contributed by atoms with E-state index >= 15 is 0 Å². The van der Waals surface area contributed by atoms with Crippen molar-refractivity contribution in [3.8, 4) is 0 Å². The molecule has 1 fully saturated rings. The minimum absolute atomic E-state index is 0.00551. The van der Waals surface area contributed by atoms with Gasteiger partial charge < -0.3 is 5.73 Å². The SMILES string of the molecule is CN1CC(CN)CC1c1cccc(F)c1C(F)(F)F. The Hall–Kier alpha value is -1.14. The highest BCUT2D eigenvalue weighted by Gasteiger charge is 2.41. The van der Waals surface area contributed by atoms with E-state index in [-0.39, 0.29) is 11.5 Å². The van der Waals surface area contributed by atoms with Crippen molar-refractivity contribution in [1.82, 2.24) is 4.90 Å². The fourth-order valence-corrected chi connectivity index (χ4v) is 2.76. The molecule has 0 bridgehead atoms. The minimum Gasteiger partial charge on any atom is -0.330 e. The van der Waals surface area contributed by atoms with E-state index in [9.17, 15) is 17.6 Å². The van der Waals surface area contributed by atoms with Gasteiger partial charge in [0.15, 0.2) is 0 Å². The molecule has 0 amide bonds. The average molecular weight is 276 g/mol. The van der Waals surface area contributed by atoms with Crippen molar-refractivity contribution in [2.45, 2.75) is 18.6 Å². The summed E-state index contributed by atoms with van der Waals surface area (Å²) in [5.41, 5.74) is 4.42. The van der Waals surface area contributed by atoms with Gasteiger partial charge in [0, 0.05) is 12.6 Å². The number of likely N-dealkylation sites (tertiary alicyclic amines) is 1. The van der Waals surface area contributed by atoms with E-state index < -0.39 is 23.6 Å². The van der Waals surface area contributed by atoms with Gasteiger partial charge in [-0.3, -0.25) is 4.90 Å². The molecule has 2 N–H and O–H groups in total. The van der Waals surface area contributed by atoms with Crippen LogP contribution in [0.4, 0.5) is 17.6 Å². The first-order valence-corrected chi connectivity index (χ1v) is 6.10. The summed E-state index contributed by atoms with van der Waals surface area (Å²) >= 11 is 0. The predicted octanol–water partition coefficient (Wildman–Crippen LogP) is 2.80. The highest BCUT2D eigenvalue weighted by atomic mass is 19.4. The van der Waals surface area contributed by atoms with Crippen molar-refractivity contribution in [2.75, 3.05) is 20.1 Å². The first kappa shape index (κ1) is 14.3. The van der Waals surface area contributed by atoms with E-state index in [4.69, 9.17) is 5.73 Å². The lowest BCUT2D eigenvalue weighted by atomic mass is 9.95. The van der Waals surface area contributed by atoms with E-state index in [0.29, 0.717) is 19.5 Å². The summed E-state index contributed by atoms with van der Waals surface area (Å²) in [6.45, 7) is 1.06. The Bertz CT molecular complexity index is 458. The van der Waals surface area contributed by atoms with Crippen LogP contribution < -0.4 is 5.73 Å². The maximum Gasteiger partial charge on any atom is 0.419 e. The van der Waals surface area contributed by atoms with Gasteiger partial charge >= 0.3 is 6.18 Å². The molecule has 1 aromatic rings. The summed E-state index contributed by atoms with van der Waals surface area (Å²) in [6, 6.07) is 3.10. The van der Waals surface area contributed by atoms with E-state index in [2.05, 4.69) is 0 Å². The topological polar surface area (TPSA) is 29.3 Å². The summed E-state index contributed by atoms with van der Waals surface area (Å²) in [6.07, 6.45) is -4.15. The maximum absolute atomic E-state index is 13.5. The summed E-state index contributed by atoms with van der Waals surface area (Å²) < 4.78 is 52.5. The second-order valence-corrected chi connectivity index (χ2v) is 4.99. The van der Waals surface area contributed by atoms with Crippen LogP contribution in [0.25, 0.3) is 0 Å². The smallest absolute Gasteiger partial charge is 0.330 e. The van der Waals surface area contributed by atoms with Crippen molar-refractivity contribution in [3.05, 3.63) is 35.1 Å². The molecule has 1 aliphatic rings. The third kappa shape index (κ3) is 2.74. The minimum atomic E-state index is -4.68. The van der Waals surface area contributed by atoms with E-state index in [1.54, 1.807) is 7.05 Å². The second-order valence-electron chi connectivity index (χ2n) is 4.99. The highest BCUT2D eigenvalue weighted by Crippen LogP contribution is 2.42. The number of rotatable bonds is 2. The molecule has 2 rings (SSSR count). The molecule has 6 heteroatoms. The van der Waals surface area contributed by atoms with Crippen LogP contribution in [0.1, 0.15) is 23.6 Å². The van der Waals surface area contributed by atoms with E-state index in [1.165, 1.54) is 12.1 Å². The van der Waals surface area contributed by atoms with Crippen molar-refractivity contribution in [1.29, 1.82) is 0 Å². The molecule has 2 atom stereocenters. The van der Waals surface area contributed by atoms with Crippen molar-refractivity contribution in [3.63, 3.8) is 0 Å². The predicted molar refractivity (Wildman–Crippen MR) is 63.9 cm³/mol. The van der Waals surface area contributed by atoms with Crippen molar-refractivity contribution < 1.29 is 17.6 Å². The van der Waals surface area contributed by atoms with Crippen LogP contribution in [0, 0.1) is 11.7 Å². The standard InChI is InChI=1S/C13H16F4N2/c1-19-7-8(6-18)5-11(19)9-3-2-4-10(14)12(9)13(15,16)17/h2-4,8,11H,5-7,18H2,1H3. The fraction of sp³-hybridized carbons (Fsp3) is 0.538. The molecular weight excluding hydrogens is 260 g/mol. The summed E-state index contributed by atoms with van der Waals surface area (Å²) in [5.74, 6) is -1.06. The zero-order chi connectivity index (χ0) is 14.2. The van der Waals surface area contributed by atoms with Gasteiger partial charge in [-0.05, 0) is 37.6 Å². The average Bonchev–Trinajstić information content (AvgIpc) is 2.68. The quantitative estimate of drug-likeness (QED) is 0.842. The third-order valence-corrected chi connectivity index (χ3v) is 3.66. The van der Waals surface area contributed by atoms with Crippen LogP contribution in [-0.4, -0.2) is 25.0 Å². The lowest BCUT2D eigenvalue weighted by Gasteiger charge is -2.23. The number of benzene rings is 1. The van der Waals surface area contributed by atoms with Crippen LogP contribution in [0.2, 0.25) is 0 Å². The van der Waals surface area contributed by atoms with E-state index in [1.807, 2.05) is 4.90 Å². The number of hydrogen-bond acceptors (Lipinski definition) is 2. The second kappa shape index (κ2) is 5.09. The molecule has 0 saturated carbocycles. The molecule has 2 nitrogen and oxygen atoms in total. The van der Waals surface area contributed by atoms with Gasteiger partial charge in [0.1, 0.15) is 5.82 Å². The van der Waals surface area contributed by atoms with Crippen LogP contribution >= 0.6 is 0 Å². The largest absolute Gasteiger partial charge is 0.419 e. The molecule has 0 radical (unpaired) electrons. The Morgan fingerprint density at radius 3 is 2.58 bits per heavy atom. The zero-order valence-electron chi connectivity index (χ0n) is 10.5. The van der Waals surface area contributed by atoms with E-state index in [0.717, 1.165) is 6.07 Å². The van der Waals surface area contributed by atoms with Crippen LogP contribution in [0.15, 0.2) is 18.2 Å². The fourth-order valence-electron chi connectivity index (χ4n) is 2.76. The molecule has 0 aliphatic carbocycles. The first-order chi connectivity index (χ1) is 8.84. The summed E-state index contributed by atoms with van der Waals surface area (Å²) in [5, 5.41) is 0. The third-order valence-electron chi connectivity index (χ3n) is 3.66. The Morgan fingerprint density at radius 1 is 1.37 bits per heavy atom. The van der Waals surface area contributed by atoms with Gasteiger partial charge in [-0.1, -0.05) is 12.1 Å². The number of halogens is 4. The molecule has 1 saturated heterocycles. The Balaban J connectivity index is 2.43. The number of nitrogens with two attached hydrogens (primary N) is 1. The Labute approximate surface area is 109 Å². The molecule has 1 aromatic carbocycles. The highest BCUT2D eigenvalue weighted by molar-refractivity contribution is 5.34. The van der Waals surface area contributed by atoms with Gasteiger partial charge in [0.2, 0.25) is 0 Å². The van der Waals surface area contributed by atoms with Gasteiger partial charge in [-0.25, -0.2) is 4.39 Å². The number of hydrogen-bond donors (Lipinski definition) is 1. The normalized spacial score (nSPS) is 24.9. The molecule has 19 heavy (non-hydrogen) atoms. The summed E-state index contributed by atoms with van der Waals surface area (Å²) in [7, 11) is 1.74. The first-order valence-electron chi connectivity index (χ1n) is 6.10. The van der Waals surface area contributed by atoms with Gasteiger partial charge in [-0.15, -0.1) is 0 Å². The Morgan fingerprint density at radius 2 is 2.05 bits per heavy atom. The molecule has 106 valence electrons. The molecule has 1 aliphatic heterocycles. The lowest BCUT2D eigenvalue weighted by molar-refractivity contribution is -0.141. The van der Waals surface area contributed by atoms with Crippen molar-refractivity contribution in [2.24, 2.45) is 11.7 Å². The lowest BCUT2D eigenvalue weighted by Crippen LogP contribution is -2.23. The van der Waals surface area contributed by atoms with Crippen LogP contribution in [0.5, 0.6) is 0 Å². The molecule has 0 aromatic heterocycles. The molecule has 2 unspecified atom stereocenters. The molecule has 0 spiro atoms. The number of nitrogens with zero attached hydrogens (tertiary/aromatic N) is 1.